The third-order valence-electron chi connectivity index (χ3n) is 4.33. The monoisotopic (exact) mass is 252 g/mol. The maximum absolute atomic E-state index is 12.6. The molecule has 18 heavy (non-hydrogen) atoms. The Labute approximate surface area is 111 Å². The quantitative estimate of drug-likeness (QED) is 0.816. The molecule has 1 saturated heterocycles. The Balaban J connectivity index is 2.12. The molecule has 1 aliphatic heterocycles. The molecule has 0 aromatic rings. The Morgan fingerprint density at radius 1 is 1.22 bits per heavy atom. The minimum absolute atomic E-state index is 0.0231. The van der Waals surface area contributed by atoms with E-state index in [1.165, 1.54) is 12.8 Å². The average molecular weight is 252 g/mol. The largest absolute Gasteiger partial charge is 0.323 e. The van der Waals surface area contributed by atoms with Gasteiger partial charge in [-0.2, -0.15) is 0 Å². The second kappa shape index (κ2) is 5.20. The Morgan fingerprint density at radius 3 is 2.28 bits per heavy atom. The lowest BCUT2D eigenvalue weighted by molar-refractivity contribution is -0.133. The zero-order valence-electron chi connectivity index (χ0n) is 12.4. The molecule has 0 aromatic heterocycles. The fourth-order valence-corrected chi connectivity index (χ4v) is 3.07. The van der Waals surface area contributed by atoms with Gasteiger partial charge in [-0.3, -0.25) is 10.1 Å². The third-order valence-corrected chi connectivity index (χ3v) is 4.33. The van der Waals surface area contributed by atoms with Crippen molar-refractivity contribution >= 4 is 5.91 Å². The van der Waals surface area contributed by atoms with Crippen LogP contribution < -0.4 is 5.32 Å². The standard InChI is InChI=1S/C15H28N2O/c1-9(2)8-13-16-14(10(3)4)15(18)17(13)11(5)12-6-7-12/h9-14,16H,6-8H2,1-5H3. The van der Waals surface area contributed by atoms with Gasteiger partial charge in [0.1, 0.15) is 0 Å². The molecule has 3 nitrogen and oxygen atoms in total. The second-order valence-corrected chi connectivity index (χ2v) is 6.86. The predicted octanol–water partition coefficient (Wildman–Crippen LogP) is 2.61. The van der Waals surface area contributed by atoms with Gasteiger partial charge in [0.15, 0.2) is 0 Å². The maximum atomic E-state index is 12.6. The molecule has 3 atom stereocenters. The van der Waals surface area contributed by atoms with Gasteiger partial charge in [0.25, 0.3) is 0 Å². The molecule has 2 fully saturated rings. The lowest BCUT2D eigenvalue weighted by atomic mass is 10.0. The van der Waals surface area contributed by atoms with Gasteiger partial charge in [-0.05, 0) is 43.9 Å². The number of carbonyl (C=O) groups excluding carboxylic acids is 1. The van der Waals surface area contributed by atoms with Crippen LogP contribution in [-0.2, 0) is 4.79 Å². The first-order chi connectivity index (χ1) is 8.41. The number of nitrogens with one attached hydrogen (secondary N) is 1. The van der Waals surface area contributed by atoms with Crippen LogP contribution in [0.2, 0.25) is 0 Å². The molecule has 1 N–H and O–H groups in total. The number of rotatable bonds is 5. The number of hydrogen-bond acceptors (Lipinski definition) is 2. The SMILES string of the molecule is CC(C)CC1NC(C(C)C)C(=O)N1C(C)C1CC1. The van der Waals surface area contributed by atoms with Crippen LogP contribution in [-0.4, -0.2) is 29.1 Å². The predicted molar refractivity (Wildman–Crippen MR) is 74.0 cm³/mol. The highest BCUT2D eigenvalue weighted by molar-refractivity contribution is 5.85. The summed E-state index contributed by atoms with van der Waals surface area (Å²) in [4.78, 5) is 14.7. The summed E-state index contributed by atoms with van der Waals surface area (Å²) < 4.78 is 0. The summed E-state index contributed by atoms with van der Waals surface area (Å²) in [5, 5.41) is 3.56. The van der Waals surface area contributed by atoms with Crippen molar-refractivity contribution in [2.45, 2.75) is 72.1 Å². The van der Waals surface area contributed by atoms with Gasteiger partial charge in [-0.1, -0.05) is 27.7 Å². The first-order valence-corrected chi connectivity index (χ1v) is 7.50. The van der Waals surface area contributed by atoms with E-state index in [4.69, 9.17) is 0 Å². The van der Waals surface area contributed by atoms with Gasteiger partial charge < -0.3 is 4.90 Å². The summed E-state index contributed by atoms with van der Waals surface area (Å²) >= 11 is 0. The Hall–Kier alpha value is -0.570. The van der Waals surface area contributed by atoms with Crippen LogP contribution in [0.25, 0.3) is 0 Å². The van der Waals surface area contributed by atoms with Crippen LogP contribution in [0.4, 0.5) is 0 Å². The molecule has 1 aliphatic carbocycles. The number of nitrogens with zero attached hydrogens (tertiary/aromatic N) is 1. The fraction of sp³-hybridized carbons (Fsp3) is 0.933. The molecule has 1 saturated carbocycles. The summed E-state index contributed by atoms with van der Waals surface area (Å²) in [6, 6.07) is 0.437. The zero-order chi connectivity index (χ0) is 13.4. The molecule has 0 bridgehead atoms. The summed E-state index contributed by atoms with van der Waals surface area (Å²) in [7, 11) is 0. The first-order valence-electron chi connectivity index (χ1n) is 7.50. The fourth-order valence-electron chi connectivity index (χ4n) is 3.07. The maximum Gasteiger partial charge on any atom is 0.241 e. The van der Waals surface area contributed by atoms with Crippen LogP contribution >= 0.6 is 0 Å². The van der Waals surface area contributed by atoms with E-state index in [0.29, 0.717) is 23.8 Å². The number of carbonyl (C=O) groups is 1. The number of amides is 1. The highest BCUT2D eigenvalue weighted by Crippen LogP contribution is 2.38. The molecule has 104 valence electrons. The third kappa shape index (κ3) is 2.71. The molecule has 0 spiro atoms. The molecule has 2 aliphatic rings. The summed E-state index contributed by atoms with van der Waals surface area (Å²) in [6.45, 7) is 11.0. The molecular weight excluding hydrogens is 224 g/mol. The topological polar surface area (TPSA) is 32.3 Å². The van der Waals surface area contributed by atoms with E-state index < -0.39 is 0 Å². The summed E-state index contributed by atoms with van der Waals surface area (Å²) in [5.41, 5.74) is 0. The first kappa shape index (κ1) is 13.9. The van der Waals surface area contributed by atoms with Crippen LogP contribution in [0, 0.1) is 17.8 Å². The van der Waals surface area contributed by atoms with Crippen molar-refractivity contribution in [3.63, 3.8) is 0 Å². The average Bonchev–Trinajstić information content (AvgIpc) is 3.03. The minimum Gasteiger partial charge on any atom is -0.323 e. The lowest BCUT2D eigenvalue weighted by Crippen LogP contribution is -2.45. The molecule has 1 heterocycles. The minimum atomic E-state index is 0.0231. The molecule has 0 aromatic carbocycles. The van der Waals surface area contributed by atoms with E-state index in [1.807, 2.05) is 0 Å². The molecule has 0 radical (unpaired) electrons. The van der Waals surface area contributed by atoms with Crippen molar-refractivity contribution in [3.8, 4) is 0 Å². The van der Waals surface area contributed by atoms with Gasteiger partial charge in [0.2, 0.25) is 5.91 Å². The van der Waals surface area contributed by atoms with E-state index in [0.717, 1.165) is 12.3 Å². The highest BCUT2D eigenvalue weighted by atomic mass is 16.2. The van der Waals surface area contributed by atoms with Gasteiger partial charge in [0.05, 0.1) is 12.2 Å². The molecule has 3 heteroatoms. The van der Waals surface area contributed by atoms with Crippen molar-refractivity contribution in [2.24, 2.45) is 17.8 Å². The second-order valence-electron chi connectivity index (χ2n) is 6.86. The Kier molecular flexibility index (Phi) is 4.00. The van der Waals surface area contributed by atoms with Crippen molar-refractivity contribution in [2.75, 3.05) is 0 Å². The molecule has 3 unspecified atom stereocenters. The van der Waals surface area contributed by atoms with Gasteiger partial charge in [-0.15, -0.1) is 0 Å². The van der Waals surface area contributed by atoms with Crippen molar-refractivity contribution in [3.05, 3.63) is 0 Å². The van der Waals surface area contributed by atoms with Crippen molar-refractivity contribution in [1.82, 2.24) is 10.2 Å². The summed E-state index contributed by atoms with van der Waals surface area (Å²) in [6.07, 6.45) is 3.91. The van der Waals surface area contributed by atoms with E-state index in [1.54, 1.807) is 0 Å². The Morgan fingerprint density at radius 2 is 1.83 bits per heavy atom. The highest BCUT2D eigenvalue weighted by Gasteiger charge is 2.45. The van der Waals surface area contributed by atoms with Crippen LogP contribution in [0.15, 0.2) is 0 Å². The van der Waals surface area contributed by atoms with E-state index in [9.17, 15) is 4.79 Å². The van der Waals surface area contributed by atoms with Crippen molar-refractivity contribution < 1.29 is 4.79 Å². The van der Waals surface area contributed by atoms with Gasteiger partial charge >= 0.3 is 0 Å². The normalized spacial score (nSPS) is 30.6. The van der Waals surface area contributed by atoms with Gasteiger partial charge in [0, 0.05) is 6.04 Å². The van der Waals surface area contributed by atoms with Crippen molar-refractivity contribution in [1.29, 1.82) is 0 Å². The molecule has 2 rings (SSSR count). The Bertz CT molecular complexity index is 310. The van der Waals surface area contributed by atoms with Crippen LogP contribution in [0.5, 0.6) is 0 Å². The van der Waals surface area contributed by atoms with E-state index >= 15 is 0 Å². The van der Waals surface area contributed by atoms with E-state index in [-0.39, 0.29) is 12.2 Å². The molecular formula is C15H28N2O. The summed E-state index contributed by atoms with van der Waals surface area (Å²) in [5.74, 6) is 2.07. The van der Waals surface area contributed by atoms with Crippen LogP contribution in [0.1, 0.15) is 53.9 Å². The van der Waals surface area contributed by atoms with Crippen LogP contribution in [0.3, 0.4) is 0 Å². The molecule has 1 amide bonds. The van der Waals surface area contributed by atoms with Gasteiger partial charge in [-0.25, -0.2) is 0 Å². The van der Waals surface area contributed by atoms with E-state index in [2.05, 4.69) is 44.8 Å². The number of hydrogen-bond donors (Lipinski definition) is 1. The smallest absolute Gasteiger partial charge is 0.241 e. The zero-order valence-corrected chi connectivity index (χ0v) is 12.4. The lowest BCUT2D eigenvalue weighted by Gasteiger charge is -2.31.